The number of fused-ring (bicyclic) bond motifs is 1. The van der Waals surface area contributed by atoms with E-state index < -0.39 is 5.72 Å². The van der Waals surface area contributed by atoms with Crippen LogP contribution < -0.4 is 5.32 Å². The topological polar surface area (TPSA) is 32.3 Å². The van der Waals surface area contributed by atoms with Crippen molar-refractivity contribution >= 4 is 0 Å². The molecule has 19 heavy (non-hydrogen) atoms. The minimum absolute atomic E-state index is 0.489. The Balaban J connectivity index is 1.85. The summed E-state index contributed by atoms with van der Waals surface area (Å²) < 4.78 is 0. The molecule has 2 nitrogen and oxygen atoms in total. The standard InChI is InChI=1S/C17H25NO/c1-13-12-18-17(19,11-14-7-3-2-4-8-14)16-10-6-5-9-15(13)16/h5-6,9-10,13-14,18-19H,2-4,7-8,11-12H2,1H3. The molecule has 104 valence electrons. The van der Waals surface area contributed by atoms with Gasteiger partial charge in [0, 0.05) is 12.1 Å². The second-order valence-electron chi connectivity index (χ2n) is 6.44. The molecule has 2 unspecified atom stereocenters. The average Bonchev–Trinajstić information content (AvgIpc) is 2.45. The maximum Gasteiger partial charge on any atom is 0.142 e. The summed E-state index contributed by atoms with van der Waals surface area (Å²) in [5.41, 5.74) is 1.63. The fraction of sp³-hybridized carbons (Fsp3) is 0.647. The zero-order valence-corrected chi connectivity index (χ0v) is 11.9. The van der Waals surface area contributed by atoms with Gasteiger partial charge in [-0.15, -0.1) is 0 Å². The molecule has 1 aliphatic heterocycles. The molecule has 1 heterocycles. The molecule has 1 fully saturated rings. The summed E-state index contributed by atoms with van der Waals surface area (Å²) >= 11 is 0. The van der Waals surface area contributed by atoms with E-state index in [-0.39, 0.29) is 0 Å². The van der Waals surface area contributed by atoms with Crippen molar-refractivity contribution in [3.05, 3.63) is 35.4 Å². The summed E-state index contributed by atoms with van der Waals surface area (Å²) in [5.74, 6) is 1.16. The van der Waals surface area contributed by atoms with Gasteiger partial charge < -0.3 is 5.11 Å². The lowest BCUT2D eigenvalue weighted by Crippen LogP contribution is -2.49. The number of benzene rings is 1. The third kappa shape index (κ3) is 2.56. The Hall–Kier alpha value is -0.860. The second kappa shape index (κ2) is 5.26. The summed E-state index contributed by atoms with van der Waals surface area (Å²) in [6, 6.07) is 8.40. The average molecular weight is 259 g/mol. The summed E-state index contributed by atoms with van der Waals surface area (Å²) in [6.07, 6.45) is 7.47. The predicted molar refractivity (Wildman–Crippen MR) is 77.9 cm³/mol. The van der Waals surface area contributed by atoms with Crippen molar-refractivity contribution in [2.45, 2.75) is 57.1 Å². The Labute approximate surface area is 116 Å². The smallest absolute Gasteiger partial charge is 0.142 e. The number of nitrogens with one attached hydrogen (secondary N) is 1. The van der Waals surface area contributed by atoms with Crippen molar-refractivity contribution < 1.29 is 5.11 Å². The lowest BCUT2D eigenvalue weighted by molar-refractivity contribution is -0.0350. The van der Waals surface area contributed by atoms with Crippen molar-refractivity contribution in [2.24, 2.45) is 5.92 Å². The van der Waals surface area contributed by atoms with Crippen LogP contribution in [0.15, 0.2) is 24.3 Å². The van der Waals surface area contributed by atoms with E-state index in [4.69, 9.17) is 0 Å². The molecule has 1 aliphatic carbocycles. The molecule has 2 heteroatoms. The van der Waals surface area contributed by atoms with Crippen LogP contribution >= 0.6 is 0 Å². The van der Waals surface area contributed by atoms with E-state index in [0.29, 0.717) is 11.8 Å². The maximum absolute atomic E-state index is 11.1. The normalized spacial score (nSPS) is 32.0. The monoisotopic (exact) mass is 259 g/mol. The van der Waals surface area contributed by atoms with Crippen molar-refractivity contribution in [3.63, 3.8) is 0 Å². The third-order valence-corrected chi connectivity index (χ3v) is 4.95. The Morgan fingerprint density at radius 3 is 2.74 bits per heavy atom. The van der Waals surface area contributed by atoms with E-state index in [2.05, 4.69) is 30.4 Å². The summed E-state index contributed by atoms with van der Waals surface area (Å²) in [5, 5.41) is 14.5. The highest BCUT2D eigenvalue weighted by Crippen LogP contribution is 2.39. The molecule has 1 aromatic carbocycles. The summed E-state index contributed by atoms with van der Waals surface area (Å²) in [7, 11) is 0. The van der Waals surface area contributed by atoms with Gasteiger partial charge in [-0.25, -0.2) is 0 Å². The van der Waals surface area contributed by atoms with Crippen molar-refractivity contribution in [2.75, 3.05) is 6.54 Å². The molecule has 0 amide bonds. The van der Waals surface area contributed by atoms with E-state index in [1.54, 1.807) is 0 Å². The first-order valence-corrected chi connectivity index (χ1v) is 7.76. The van der Waals surface area contributed by atoms with Gasteiger partial charge in [-0.3, -0.25) is 5.32 Å². The van der Waals surface area contributed by atoms with Gasteiger partial charge >= 0.3 is 0 Å². The van der Waals surface area contributed by atoms with Gasteiger partial charge in [-0.2, -0.15) is 0 Å². The van der Waals surface area contributed by atoms with Crippen LogP contribution in [0, 0.1) is 5.92 Å². The highest BCUT2D eigenvalue weighted by molar-refractivity contribution is 5.37. The Bertz CT molecular complexity index is 439. The quantitative estimate of drug-likeness (QED) is 0.852. The first kappa shape index (κ1) is 13.1. The molecule has 2 atom stereocenters. The molecular formula is C17H25NO. The van der Waals surface area contributed by atoms with E-state index in [1.807, 2.05) is 6.07 Å². The molecule has 0 spiro atoms. The van der Waals surface area contributed by atoms with Crippen LogP contribution in [-0.2, 0) is 5.72 Å². The van der Waals surface area contributed by atoms with Gasteiger partial charge in [0.1, 0.15) is 5.72 Å². The van der Waals surface area contributed by atoms with Crippen LogP contribution in [-0.4, -0.2) is 11.7 Å². The number of rotatable bonds is 2. The molecule has 0 radical (unpaired) electrons. The van der Waals surface area contributed by atoms with Gasteiger partial charge in [0.2, 0.25) is 0 Å². The van der Waals surface area contributed by atoms with Crippen LogP contribution in [0.25, 0.3) is 0 Å². The third-order valence-electron chi connectivity index (χ3n) is 4.95. The van der Waals surface area contributed by atoms with Gasteiger partial charge in [0.25, 0.3) is 0 Å². The minimum Gasteiger partial charge on any atom is -0.372 e. The maximum atomic E-state index is 11.1. The van der Waals surface area contributed by atoms with E-state index >= 15 is 0 Å². The molecular weight excluding hydrogens is 234 g/mol. The van der Waals surface area contributed by atoms with Crippen molar-refractivity contribution in [1.29, 1.82) is 0 Å². The van der Waals surface area contributed by atoms with Crippen LogP contribution in [0.1, 0.15) is 62.5 Å². The second-order valence-corrected chi connectivity index (χ2v) is 6.44. The lowest BCUT2D eigenvalue weighted by atomic mass is 9.77. The number of aliphatic hydroxyl groups is 1. The molecule has 2 N–H and O–H groups in total. The van der Waals surface area contributed by atoms with E-state index in [9.17, 15) is 5.11 Å². The van der Waals surface area contributed by atoms with Crippen LogP contribution in [0.3, 0.4) is 0 Å². The zero-order chi connectivity index (χ0) is 13.3. The van der Waals surface area contributed by atoms with Crippen LogP contribution in [0.5, 0.6) is 0 Å². The molecule has 1 saturated carbocycles. The first-order chi connectivity index (χ1) is 9.19. The molecule has 0 bridgehead atoms. The fourth-order valence-electron chi connectivity index (χ4n) is 3.82. The predicted octanol–water partition coefficient (Wildman–Crippen LogP) is 3.51. The van der Waals surface area contributed by atoms with Gasteiger partial charge in [0.05, 0.1) is 0 Å². The SMILES string of the molecule is CC1CNC(O)(CC2CCCCC2)c2ccccc21. The summed E-state index contributed by atoms with van der Waals surface area (Å²) in [6.45, 7) is 3.10. The number of hydrogen-bond donors (Lipinski definition) is 2. The fourth-order valence-corrected chi connectivity index (χ4v) is 3.82. The van der Waals surface area contributed by atoms with E-state index in [0.717, 1.165) is 18.5 Å². The minimum atomic E-state index is -0.800. The lowest BCUT2D eigenvalue weighted by Gasteiger charge is -2.41. The molecule has 0 saturated heterocycles. The van der Waals surface area contributed by atoms with Gasteiger partial charge in [-0.1, -0.05) is 63.3 Å². The zero-order valence-electron chi connectivity index (χ0n) is 11.9. The highest BCUT2D eigenvalue weighted by atomic mass is 16.3. The highest BCUT2D eigenvalue weighted by Gasteiger charge is 2.38. The van der Waals surface area contributed by atoms with Crippen LogP contribution in [0.2, 0.25) is 0 Å². The molecule has 0 aromatic heterocycles. The molecule has 3 rings (SSSR count). The Morgan fingerprint density at radius 2 is 1.95 bits per heavy atom. The Morgan fingerprint density at radius 1 is 1.21 bits per heavy atom. The van der Waals surface area contributed by atoms with Crippen LogP contribution in [0.4, 0.5) is 0 Å². The Kier molecular flexibility index (Phi) is 3.64. The van der Waals surface area contributed by atoms with Crippen molar-refractivity contribution in [3.8, 4) is 0 Å². The van der Waals surface area contributed by atoms with Gasteiger partial charge in [-0.05, 0) is 23.8 Å². The molecule has 2 aliphatic rings. The summed E-state index contributed by atoms with van der Waals surface area (Å²) in [4.78, 5) is 0. The number of hydrogen-bond acceptors (Lipinski definition) is 2. The largest absolute Gasteiger partial charge is 0.372 e. The van der Waals surface area contributed by atoms with E-state index in [1.165, 1.54) is 37.7 Å². The van der Waals surface area contributed by atoms with Crippen molar-refractivity contribution in [1.82, 2.24) is 5.32 Å². The first-order valence-electron chi connectivity index (χ1n) is 7.76. The molecule has 1 aromatic rings. The van der Waals surface area contributed by atoms with Gasteiger partial charge in [0.15, 0.2) is 0 Å².